The zero-order chi connectivity index (χ0) is 15.8. The first-order valence-corrected chi connectivity index (χ1v) is 9.47. The van der Waals surface area contributed by atoms with Crippen molar-refractivity contribution in [3.8, 4) is 0 Å². The Kier molecular flexibility index (Phi) is 8.53. The molecule has 0 spiro atoms. The SMILES string of the molecule is CCC(CSC)N(C)c1ccc(CNCC(C)C)cc1Cl. The van der Waals surface area contributed by atoms with Crippen molar-refractivity contribution in [2.24, 2.45) is 5.92 Å². The van der Waals surface area contributed by atoms with Gasteiger partial charge in [-0.3, -0.25) is 0 Å². The lowest BCUT2D eigenvalue weighted by atomic mass is 10.1. The monoisotopic (exact) mass is 328 g/mol. The van der Waals surface area contributed by atoms with E-state index in [9.17, 15) is 0 Å². The quantitative estimate of drug-likeness (QED) is 0.709. The van der Waals surface area contributed by atoms with Gasteiger partial charge in [-0.25, -0.2) is 0 Å². The molecular weight excluding hydrogens is 300 g/mol. The third-order valence-electron chi connectivity index (χ3n) is 3.65. The van der Waals surface area contributed by atoms with Crippen LogP contribution in [-0.4, -0.2) is 31.6 Å². The van der Waals surface area contributed by atoms with Gasteiger partial charge in [0.15, 0.2) is 0 Å². The van der Waals surface area contributed by atoms with Crippen molar-refractivity contribution in [2.75, 3.05) is 30.5 Å². The largest absolute Gasteiger partial charge is 0.370 e. The van der Waals surface area contributed by atoms with Crippen LogP contribution in [0.25, 0.3) is 0 Å². The Bertz CT molecular complexity index is 423. The molecule has 21 heavy (non-hydrogen) atoms. The Morgan fingerprint density at radius 2 is 2.05 bits per heavy atom. The van der Waals surface area contributed by atoms with Gasteiger partial charge in [0.25, 0.3) is 0 Å². The van der Waals surface area contributed by atoms with E-state index in [1.54, 1.807) is 0 Å². The number of hydrogen-bond acceptors (Lipinski definition) is 3. The first-order valence-electron chi connectivity index (χ1n) is 7.70. The van der Waals surface area contributed by atoms with Crippen molar-refractivity contribution in [2.45, 2.75) is 39.8 Å². The molecule has 1 aromatic carbocycles. The molecule has 0 bridgehead atoms. The standard InChI is InChI=1S/C17H29ClN2S/c1-6-15(12-21-5)20(4)17-8-7-14(9-16(17)18)11-19-10-13(2)3/h7-9,13,15,19H,6,10-12H2,1-5H3. The van der Waals surface area contributed by atoms with Gasteiger partial charge in [-0.1, -0.05) is 38.4 Å². The van der Waals surface area contributed by atoms with E-state index in [4.69, 9.17) is 11.6 Å². The number of rotatable bonds is 9. The van der Waals surface area contributed by atoms with Crippen molar-refractivity contribution < 1.29 is 0 Å². The fourth-order valence-corrected chi connectivity index (χ4v) is 3.52. The minimum absolute atomic E-state index is 0.530. The normalized spacial score (nSPS) is 12.7. The molecule has 1 atom stereocenters. The highest BCUT2D eigenvalue weighted by molar-refractivity contribution is 7.98. The van der Waals surface area contributed by atoms with Crippen LogP contribution in [-0.2, 0) is 6.54 Å². The third kappa shape index (κ3) is 6.09. The van der Waals surface area contributed by atoms with E-state index in [2.05, 4.69) is 62.5 Å². The summed E-state index contributed by atoms with van der Waals surface area (Å²) in [5, 5.41) is 4.30. The average Bonchev–Trinajstić information content (AvgIpc) is 2.44. The van der Waals surface area contributed by atoms with E-state index < -0.39 is 0 Å². The first kappa shape index (κ1) is 18.7. The number of halogens is 1. The molecule has 120 valence electrons. The Balaban J connectivity index is 2.72. The molecule has 1 rings (SSSR count). The summed E-state index contributed by atoms with van der Waals surface area (Å²) in [4.78, 5) is 2.31. The van der Waals surface area contributed by atoms with Crippen LogP contribution < -0.4 is 10.2 Å². The summed E-state index contributed by atoms with van der Waals surface area (Å²) in [6.45, 7) is 8.58. The maximum Gasteiger partial charge on any atom is 0.0642 e. The lowest BCUT2D eigenvalue weighted by Crippen LogP contribution is -2.33. The third-order valence-corrected chi connectivity index (χ3v) is 4.67. The van der Waals surface area contributed by atoms with Gasteiger partial charge >= 0.3 is 0 Å². The summed E-state index contributed by atoms with van der Waals surface area (Å²) in [6, 6.07) is 6.95. The predicted octanol–water partition coefficient (Wildman–Crippen LogP) is 4.66. The van der Waals surface area contributed by atoms with Gasteiger partial charge in [-0.05, 0) is 42.8 Å². The van der Waals surface area contributed by atoms with E-state index in [-0.39, 0.29) is 0 Å². The number of benzene rings is 1. The van der Waals surface area contributed by atoms with Gasteiger partial charge in [0, 0.05) is 25.4 Å². The van der Waals surface area contributed by atoms with Crippen molar-refractivity contribution >= 4 is 29.1 Å². The fourth-order valence-electron chi connectivity index (χ4n) is 2.34. The van der Waals surface area contributed by atoms with Crippen LogP contribution in [0.5, 0.6) is 0 Å². The topological polar surface area (TPSA) is 15.3 Å². The predicted molar refractivity (Wildman–Crippen MR) is 98.9 cm³/mol. The van der Waals surface area contributed by atoms with Crippen LogP contribution in [0.4, 0.5) is 5.69 Å². The molecule has 0 saturated heterocycles. The maximum absolute atomic E-state index is 6.49. The molecular formula is C17H29ClN2S. The van der Waals surface area contributed by atoms with Gasteiger partial charge in [-0.15, -0.1) is 0 Å². The van der Waals surface area contributed by atoms with Crippen LogP contribution in [0.3, 0.4) is 0 Å². The Morgan fingerprint density at radius 1 is 1.33 bits per heavy atom. The van der Waals surface area contributed by atoms with Crippen molar-refractivity contribution in [1.29, 1.82) is 0 Å². The van der Waals surface area contributed by atoms with Crippen LogP contribution in [0, 0.1) is 5.92 Å². The Hall–Kier alpha value is -0.380. The highest BCUT2D eigenvalue weighted by atomic mass is 35.5. The minimum Gasteiger partial charge on any atom is -0.370 e. The second-order valence-corrected chi connectivity index (χ2v) is 7.26. The molecule has 0 aliphatic heterocycles. The Morgan fingerprint density at radius 3 is 2.57 bits per heavy atom. The summed E-state index contributed by atoms with van der Waals surface area (Å²) in [5.41, 5.74) is 2.38. The molecule has 4 heteroatoms. The molecule has 0 fully saturated rings. The molecule has 2 nitrogen and oxygen atoms in total. The molecule has 0 amide bonds. The van der Waals surface area contributed by atoms with Gasteiger partial charge < -0.3 is 10.2 Å². The first-order chi connectivity index (χ1) is 9.99. The molecule has 0 aliphatic rings. The Labute approximate surface area is 139 Å². The molecule has 0 radical (unpaired) electrons. The second-order valence-electron chi connectivity index (χ2n) is 5.94. The fraction of sp³-hybridized carbons (Fsp3) is 0.647. The van der Waals surface area contributed by atoms with E-state index in [0.29, 0.717) is 12.0 Å². The van der Waals surface area contributed by atoms with Crippen molar-refractivity contribution in [3.63, 3.8) is 0 Å². The number of hydrogen-bond donors (Lipinski definition) is 1. The van der Waals surface area contributed by atoms with Gasteiger partial charge in [0.2, 0.25) is 0 Å². The highest BCUT2D eigenvalue weighted by Gasteiger charge is 2.15. The van der Waals surface area contributed by atoms with Gasteiger partial charge in [0.1, 0.15) is 0 Å². The number of nitrogens with zero attached hydrogens (tertiary/aromatic N) is 1. The van der Waals surface area contributed by atoms with E-state index >= 15 is 0 Å². The van der Waals surface area contributed by atoms with Gasteiger partial charge in [0.05, 0.1) is 10.7 Å². The van der Waals surface area contributed by atoms with E-state index in [0.717, 1.165) is 36.0 Å². The molecule has 0 aliphatic carbocycles. The molecule has 1 unspecified atom stereocenters. The molecule has 1 N–H and O–H groups in total. The van der Waals surface area contributed by atoms with E-state index in [1.165, 1.54) is 5.56 Å². The molecule has 1 aromatic rings. The highest BCUT2D eigenvalue weighted by Crippen LogP contribution is 2.28. The lowest BCUT2D eigenvalue weighted by molar-refractivity contribution is 0.552. The smallest absolute Gasteiger partial charge is 0.0642 e. The van der Waals surface area contributed by atoms with Crippen molar-refractivity contribution in [3.05, 3.63) is 28.8 Å². The summed E-state index contributed by atoms with van der Waals surface area (Å²) in [5.74, 6) is 1.80. The average molecular weight is 329 g/mol. The number of anilines is 1. The minimum atomic E-state index is 0.530. The lowest BCUT2D eigenvalue weighted by Gasteiger charge is -2.29. The van der Waals surface area contributed by atoms with Crippen LogP contribution in [0.2, 0.25) is 5.02 Å². The van der Waals surface area contributed by atoms with Crippen LogP contribution in [0.1, 0.15) is 32.8 Å². The molecule has 0 heterocycles. The van der Waals surface area contributed by atoms with Gasteiger partial charge in [-0.2, -0.15) is 11.8 Å². The summed E-state index contributed by atoms with van der Waals surface area (Å²) < 4.78 is 0. The summed E-state index contributed by atoms with van der Waals surface area (Å²) in [6.07, 6.45) is 3.28. The second kappa shape index (κ2) is 9.60. The number of nitrogens with one attached hydrogen (secondary N) is 1. The maximum atomic E-state index is 6.49. The van der Waals surface area contributed by atoms with E-state index in [1.807, 2.05) is 11.8 Å². The van der Waals surface area contributed by atoms with Crippen molar-refractivity contribution in [1.82, 2.24) is 5.32 Å². The summed E-state index contributed by atoms with van der Waals surface area (Å²) >= 11 is 8.38. The molecule has 0 saturated carbocycles. The molecule has 0 aromatic heterocycles. The number of thioether (sulfide) groups is 1. The zero-order valence-electron chi connectivity index (χ0n) is 13.9. The van der Waals surface area contributed by atoms with Crippen LogP contribution >= 0.6 is 23.4 Å². The zero-order valence-corrected chi connectivity index (χ0v) is 15.5. The summed E-state index contributed by atoms with van der Waals surface area (Å²) in [7, 11) is 2.14. The van der Waals surface area contributed by atoms with Crippen LogP contribution in [0.15, 0.2) is 18.2 Å².